The molecule has 0 aliphatic heterocycles. The molecule has 86 valence electrons. The first-order valence-electron chi connectivity index (χ1n) is 5.69. The first-order chi connectivity index (χ1) is 7.59. The minimum Gasteiger partial charge on any atom is -0.0961 e. The maximum absolute atomic E-state index is 4.01. The van der Waals surface area contributed by atoms with Gasteiger partial charge in [0.05, 0.1) is 0 Å². The fourth-order valence-corrected chi connectivity index (χ4v) is 1.18. The van der Waals surface area contributed by atoms with E-state index in [2.05, 4.69) is 38.3 Å². The van der Waals surface area contributed by atoms with E-state index in [4.69, 9.17) is 0 Å². The molecule has 0 fully saturated rings. The van der Waals surface area contributed by atoms with Crippen LogP contribution in [0.25, 0.3) is 5.57 Å². The third kappa shape index (κ3) is 5.35. The zero-order valence-electron chi connectivity index (χ0n) is 10.9. The van der Waals surface area contributed by atoms with Gasteiger partial charge in [0.1, 0.15) is 0 Å². The first-order valence-corrected chi connectivity index (χ1v) is 5.69. The van der Waals surface area contributed by atoms with Crippen LogP contribution in [0, 0.1) is 6.92 Å². The van der Waals surface area contributed by atoms with Gasteiger partial charge in [-0.2, -0.15) is 0 Å². The molecular formula is C16H22. The summed E-state index contributed by atoms with van der Waals surface area (Å²) in [6, 6.07) is 8.33. The van der Waals surface area contributed by atoms with Crippen molar-refractivity contribution in [2.45, 2.75) is 27.7 Å². The van der Waals surface area contributed by atoms with Crippen molar-refractivity contribution >= 4 is 5.57 Å². The van der Waals surface area contributed by atoms with Crippen LogP contribution < -0.4 is 0 Å². The summed E-state index contributed by atoms with van der Waals surface area (Å²) in [5.74, 6) is 0. The average molecular weight is 214 g/mol. The van der Waals surface area contributed by atoms with Crippen LogP contribution in [0.3, 0.4) is 0 Å². The topological polar surface area (TPSA) is 0 Å². The number of hydrogen-bond donors (Lipinski definition) is 0. The standard InChI is InChI=1S/C14H16.C2H6/c1-11(2)8-9-13(4)14-7-5-6-12(3)10-14;1-2/h5-10H,1,4H2,2-3H3;1-2H3/b9-8-;. The van der Waals surface area contributed by atoms with E-state index in [1.54, 1.807) is 0 Å². The summed E-state index contributed by atoms with van der Waals surface area (Å²) in [5.41, 5.74) is 4.49. The molecule has 0 aliphatic carbocycles. The summed E-state index contributed by atoms with van der Waals surface area (Å²) < 4.78 is 0. The molecule has 0 heterocycles. The molecular weight excluding hydrogens is 192 g/mol. The Balaban J connectivity index is 0.00000106. The van der Waals surface area contributed by atoms with Crippen LogP contribution in [0.5, 0.6) is 0 Å². The van der Waals surface area contributed by atoms with E-state index in [-0.39, 0.29) is 0 Å². The Labute approximate surface area is 100 Å². The van der Waals surface area contributed by atoms with E-state index in [1.807, 2.05) is 39.0 Å². The van der Waals surface area contributed by atoms with Crippen molar-refractivity contribution in [3.05, 3.63) is 66.3 Å². The third-order valence-electron chi connectivity index (χ3n) is 1.96. The van der Waals surface area contributed by atoms with E-state index in [0.29, 0.717) is 0 Å². The van der Waals surface area contributed by atoms with E-state index in [0.717, 1.165) is 11.1 Å². The van der Waals surface area contributed by atoms with Gasteiger partial charge in [-0.1, -0.05) is 74.6 Å². The van der Waals surface area contributed by atoms with Crippen molar-refractivity contribution in [1.82, 2.24) is 0 Å². The van der Waals surface area contributed by atoms with E-state index >= 15 is 0 Å². The largest absolute Gasteiger partial charge is 0.0961 e. The van der Waals surface area contributed by atoms with Crippen LogP contribution in [0.1, 0.15) is 31.9 Å². The molecule has 0 aliphatic rings. The second-order valence-corrected chi connectivity index (χ2v) is 3.57. The van der Waals surface area contributed by atoms with Crippen LogP contribution in [0.2, 0.25) is 0 Å². The quantitative estimate of drug-likeness (QED) is 0.609. The molecule has 0 N–H and O–H groups in total. The fourth-order valence-electron chi connectivity index (χ4n) is 1.18. The maximum atomic E-state index is 4.01. The number of allylic oxidation sites excluding steroid dienone is 4. The highest BCUT2D eigenvalue weighted by molar-refractivity contribution is 5.72. The van der Waals surface area contributed by atoms with Crippen LogP contribution in [-0.2, 0) is 0 Å². The lowest BCUT2D eigenvalue weighted by Crippen LogP contribution is -1.80. The van der Waals surface area contributed by atoms with Crippen LogP contribution in [-0.4, -0.2) is 0 Å². The number of hydrogen-bond acceptors (Lipinski definition) is 0. The third-order valence-corrected chi connectivity index (χ3v) is 1.96. The van der Waals surface area contributed by atoms with Crippen molar-refractivity contribution in [2.75, 3.05) is 0 Å². The van der Waals surface area contributed by atoms with Crippen LogP contribution >= 0.6 is 0 Å². The fraction of sp³-hybridized carbons (Fsp3) is 0.250. The Hall–Kier alpha value is -1.56. The Morgan fingerprint density at radius 2 is 1.75 bits per heavy atom. The van der Waals surface area contributed by atoms with Crippen molar-refractivity contribution in [2.24, 2.45) is 0 Å². The van der Waals surface area contributed by atoms with E-state index in [9.17, 15) is 0 Å². The molecule has 0 bridgehead atoms. The minimum absolute atomic E-state index is 1.02. The summed E-state index contributed by atoms with van der Waals surface area (Å²) in [6.07, 6.45) is 3.97. The lowest BCUT2D eigenvalue weighted by atomic mass is 10.0. The number of rotatable bonds is 3. The normalized spacial score (nSPS) is 9.50. The molecule has 1 rings (SSSR count). The molecule has 0 heteroatoms. The molecule has 16 heavy (non-hydrogen) atoms. The van der Waals surface area contributed by atoms with Crippen molar-refractivity contribution in [3.8, 4) is 0 Å². The summed E-state index contributed by atoms with van der Waals surface area (Å²) in [6.45, 7) is 15.9. The smallest absolute Gasteiger partial charge is 0.0187 e. The van der Waals surface area contributed by atoms with E-state index < -0.39 is 0 Å². The molecule has 0 nitrogen and oxygen atoms in total. The second kappa shape index (κ2) is 7.70. The molecule has 0 aromatic heterocycles. The zero-order chi connectivity index (χ0) is 12.6. The van der Waals surface area contributed by atoms with E-state index in [1.165, 1.54) is 11.1 Å². The van der Waals surface area contributed by atoms with Crippen molar-refractivity contribution < 1.29 is 0 Å². The SMILES string of the molecule is C=C(C)/C=C\C(=C)c1cccc(C)c1.CC. The number of benzene rings is 1. The Morgan fingerprint density at radius 3 is 2.25 bits per heavy atom. The number of aryl methyl sites for hydroxylation is 1. The van der Waals surface area contributed by atoms with Gasteiger partial charge in [0.2, 0.25) is 0 Å². The monoisotopic (exact) mass is 214 g/mol. The summed E-state index contributed by atoms with van der Waals surface area (Å²) in [7, 11) is 0. The van der Waals surface area contributed by atoms with Gasteiger partial charge in [-0.15, -0.1) is 0 Å². The van der Waals surface area contributed by atoms with Gasteiger partial charge in [0.15, 0.2) is 0 Å². The molecule has 0 atom stereocenters. The zero-order valence-corrected chi connectivity index (χ0v) is 10.9. The molecule has 0 saturated carbocycles. The highest BCUT2D eigenvalue weighted by atomic mass is 14.0. The molecule has 0 radical (unpaired) electrons. The highest BCUT2D eigenvalue weighted by Crippen LogP contribution is 2.15. The minimum atomic E-state index is 1.02. The predicted octanol–water partition coefficient (Wildman–Crippen LogP) is 5.17. The maximum Gasteiger partial charge on any atom is -0.0187 e. The Kier molecular flexibility index (Phi) is 6.95. The van der Waals surface area contributed by atoms with Crippen LogP contribution in [0.4, 0.5) is 0 Å². The van der Waals surface area contributed by atoms with Crippen LogP contribution in [0.15, 0.2) is 55.1 Å². The predicted molar refractivity (Wildman–Crippen MR) is 75.5 cm³/mol. The summed E-state index contributed by atoms with van der Waals surface area (Å²) in [5, 5.41) is 0. The van der Waals surface area contributed by atoms with Gasteiger partial charge < -0.3 is 0 Å². The Morgan fingerprint density at radius 1 is 1.12 bits per heavy atom. The van der Waals surface area contributed by atoms with Gasteiger partial charge in [0, 0.05) is 0 Å². The Bertz CT molecular complexity index is 381. The van der Waals surface area contributed by atoms with Gasteiger partial charge >= 0.3 is 0 Å². The first kappa shape index (κ1) is 14.4. The van der Waals surface area contributed by atoms with Gasteiger partial charge in [-0.25, -0.2) is 0 Å². The van der Waals surface area contributed by atoms with Crippen molar-refractivity contribution in [3.63, 3.8) is 0 Å². The highest BCUT2D eigenvalue weighted by Gasteiger charge is 1.94. The lowest BCUT2D eigenvalue weighted by molar-refractivity contribution is 1.45. The molecule has 0 saturated heterocycles. The summed E-state index contributed by atoms with van der Waals surface area (Å²) >= 11 is 0. The molecule has 0 spiro atoms. The lowest BCUT2D eigenvalue weighted by Gasteiger charge is -2.01. The van der Waals surface area contributed by atoms with Gasteiger partial charge in [-0.05, 0) is 25.0 Å². The molecule has 1 aromatic carbocycles. The van der Waals surface area contributed by atoms with Crippen molar-refractivity contribution in [1.29, 1.82) is 0 Å². The second-order valence-electron chi connectivity index (χ2n) is 3.57. The molecule has 0 unspecified atom stereocenters. The van der Waals surface area contributed by atoms with Gasteiger partial charge in [-0.3, -0.25) is 0 Å². The molecule has 0 amide bonds. The van der Waals surface area contributed by atoms with Gasteiger partial charge in [0.25, 0.3) is 0 Å². The molecule has 1 aromatic rings. The summed E-state index contributed by atoms with van der Waals surface area (Å²) in [4.78, 5) is 0. The average Bonchev–Trinajstić information content (AvgIpc) is 2.28.